The molecule has 1 aliphatic carbocycles. The molecule has 25 heavy (non-hydrogen) atoms. The number of nitrogens with one attached hydrogen (secondary N) is 1. The molecule has 1 aromatic carbocycles. The summed E-state index contributed by atoms with van der Waals surface area (Å²) in [4.78, 5) is 23.7. The lowest BCUT2D eigenvalue weighted by atomic mass is 9.82. The molecule has 5 heteroatoms. The number of hydrogen-bond acceptors (Lipinski definition) is 2. The molecule has 1 amide bonds. The molecule has 134 valence electrons. The van der Waals surface area contributed by atoms with Gasteiger partial charge in [0.05, 0.1) is 5.92 Å². The Bertz CT molecular complexity index is 770. The van der Waals surface area contributed by atoms with Gasteiger partial charge in [0, 0.05) is 35.2 Å². The normalized spacial score (nSPS) is 20.8. The van der Waals surface area contributed by atoms with Crippen LogP contribution in [0.3, 0.4) is 0 Å². The van der Waals surface area contributed by atoms with Gasteiger partial charge >= 0.3 is 5.97 Å². The van der Waals surface area contributed by atoms with Crippen LogP contribution in [0.5, 0.6) is 0 Å². The molecular formula is C20H26N2O3. The maximum atomic E-state index is 12.6. The van der Waals surface area contributed by atoms with Crippen LogP contribution in [-0.4, -0.2) is 28.1 Å². The maximum absolute atomic E-state index is 12.6. The molecule has 2 aromatic rings. The zero-order chi connectivity index (χ0) is 18.0. The van der Waals surface area contributed by atoms with E-state index < -0.39 is 5.97 Å². The zero-order valence-electron chi connectivity index (χ0n) is 14.9. The van der Waals surface area contributed by atoms with Crippen molar-refractivity contribution >= 4 is 22.8 Å². The Hall–Kier alpha value is -2.30. The van der Waals surface area contributed by atoms with Crippen molar-refractivity contribution in [3.05, 3.63) is 36.0 Å². The lowest BCUT2D eigenvalue weighted by molar-refractivity contribution is -0.143. The van der Waals surface area contributed by atoms with Crippen LogP contribution in [0.25, 0.3) is 10.9 Å². The number of carboxylic acid groups (broad SMARTS) is 1. The first kappa shape index (κ1) is 17.5. The van der Waals surface area contributed by atoms with Gasteiger partial charge in [-0.3, -0.25) is 9.59 Å². The second-order valence-corrected chi connectivity index (χ2v) is 7.32. The van der Waals surface area contributed by atoms with Gasteiger partial charge in [0.2, 0.25) is 0 Å². The van der Waals surface area contributed by atoms with Gasteiger partial charge in [0.25, 0.3) is 5.91 Å². The number of rotatable bonds is 5. The molecule has 1 aliphatic rings. The molecule has 0 radical (unpaired) electrons. The molecule has 0 bridgehead atoms. The molecule has 0 atom stereocenters. The number of fused-ring (bicyclic) bond motifs is 1. The molecule has 0 saturated heterocycles. The van der Waals surface area contributed by atoms with E-state index in [9.17, 15) is 9.59 Å². The number of nitrogens with zero attached hydrogens (tertiary/aromatic N) is 1. The largest absolute Gasteiger partial charge is 0.481 e. The van der Waals surface area contributed by atoms with Crippen molar-refractivity contribution in [1.82, 2.24) is 9.88 Å². The summed E-state index contributed by atoms with van der Waals surface area (Å²) in [5.74, 6) is -0.577. The second-order valence-electron chi connectivity index (χ2n) is 7.32. The van der Waals surface area contributed by atoms with Gasteiger partial charge in [-0.1, -0.05) is 6.07 Å². The van der Waals surface area contributed by atoms with E-state index in [1.165, 1.54) is 0 Å². The Labute approximate surface area is 148 Å². The van der Waals surface area contributed by atoms with Crippen LogP contribution >= 0.6 is 0 Å². The molecule has 0 aliphatic heterocycles. The monoisotopic (exact) mass is 342 g/mol. The topological polar surface area (TPSA) is 71.3 Å². The van der Waals surface area contributed by atoms with Crippen molar-refractivity contribution < 1.29 is 14.7 Å². The average molecular weight is 342 g/mol. The van der Waals surface area contributed by atoms with Crippen molar-refractivity contribution in [2.24, 2.45) is 11.8 Å². The van der Waals surface area contributed by atoms with Crippen LogP contribution in [0.2, 0.25) is 0 Å². The highest BCUT2D eigenvalue weighted by Gasteiger charge is 2.26. The van der Waals surface area contributed by atoms with E-state index in [1.807, 2.05) is 30.5 Å². The lowest BCUT2D eigenvalue weighted by Gasteiger charge is -2.26. The van der Waals surface area contributed by atoms with E-state index in [1.54, 1.807) is 0 Å². The Kier molecular flexibility index (Phi) is 5.11. The summed E-state index contributed by atoms with van der Waals surface area (Å²) < 4.78 is 2.17. The van der Waals surface area contributed by atoms with Gasteiger partial charge in [-0.05, 0) is 63.6 Å². The van der Waals surface area contributed by atoms with Crippen molar-refractivity contribution in [2.75, 3.05) is 6.54 Å². The third kappa shape index (κ3) is 3.70. The molecule has 0 unspecified atom stereocenters. The summed E-state index contributed by atoms with van der Waals surface area (Å²) in [6, 6.07) is 8.18. The van der Waals surface area contributed by atoms with Crippen LogP contribution in [0.15, 0.2) is 30.5 Å². The summed E-state index contributed by atoms with van der Waals surface area (Å²) >= 11 is 0. The average Bonchev–Trinajstić information content (AvgIpc) is 3.04. The first-order chi connectivity index (χ1) is 12.0. The van der Waals surface area contributed by atoms with E-state index in [0.717, 1.165) is 23.7 Å². The predicted molar refractivity (Wildman–Crippen MR) is 97.7 cm³/mol. The van der Waals surface area contributed by atoms with E-state index in [4.69, 9.17) is 5.11 Å². The highest BCUT2D eigenvalue weighted by Crippen LogP contribution is 2.29. The summed E-state index contributed by atoms with van der Waals surface area (Å²) in [7, 11) is 0. The van der Waals surface area contributed by atoms with Gasteiger partial charge < -0.3 is 15.0 Å². The number of aromatic nitrogens is 1. The Morgan fingerprint density at radius 2 is 1.92 bits per heavy atom. The Balaban J connectivity index is 1.64. The van der Waals surface area contributed by atoms with E-state index >= 15 is 0 Å². The number of carboxylic acids is 1. The van der Waals surface area contributed by atoms with Crippen LogP contribution in [0, 0.1) is 11.8 Å². The van der Waals surface area contributed by atoms with Crippen LogP contribution in [-0.2, 0) is 4.79 Å². The van der Waals surface area contributed by atoms with Crippen molar-refractivity contribution in [2.45, 2.75) is 45.6 Å². The number of carbonyl (C=O) groups is 2. The third-order valence-electron chi connectivity index (χ3n) is 5.31. The summed E-state index contributed by atoms with van der Waals surface area (Å²) in [6.45, 7) is 4.87. The van der Waals surface area contributed by atoms with Crippen molar-refractivity contribution in [3.63, 3.8) is 0 Å². The first-order valence-corrected chi connectivity index (χ1v) is 9.08. The molecule has 1 saturated carbocycles. The molecular weight excluding hydrogens is 316 g/mol. The Morgan fingerprint density at radius 1 is 1.20 bits per heavy atom. The molecule has 0 spiro atoms. The van der Waals surface area contributed by atoms with E-state index in [0.29, 0.717) is 36.9 Å². The fourth-order valence-corrected chi connectivity index (χ4v) is 3.78. The van der Waals surface area contributed by atoms with Gasteiger partial charge in [0.1, 0.15) is 0 Å². The van der Waals surface area contributed by atoms with E-state index in [2.05, 4.69) is 23.7 Å². The molecule has 1 heterocycles. The van der Waals surface area contributed by atoms with Gasteiger partial charge in [0.15, 0.2) is 0 Å². The zero-order valence-corrected chi connectivity index (χ0v) is 14.9. The molecule has 2 N–H and O–H groups in total. The van der Waals surface area contributed by atoms with Crippen molar-refractivity contribution in [1.29, 1.82) is 0 Å². The standard InChI is InChI=1S/C20H26N2O3/c1-13(2)22-11-10-16-17(4-3-5-18(16)22)19(23)21-12-14-6-8-15(9-7-14)20(24)25/h3-5,10-11,13-15H,6-9,12H2,1-2H3,(H,21,23)(H,24,25). The molecule has 1 aromatic heterocycles. The SMILES string of the molecule is CC(C)n1ccc2c(C(=O)NCC3CCC(C(=O)O)CC3)cccc21. The molecule has 3 rings (SSSR count). The maximum Gasteiger partial charge on any atom is 0.306 e. The highest BCUT2D eigenvalue weighted by molar-refractivity contribution is 6.06. The predicted octanol–water partition coefficient (Wildman–Crippen LogP) is 3.84. The number of aliphatic carboxylic acids is 1. The summed E-state index contributed by atoms with van der Waals surface area (Å²) in [5, 5.41) is 13.1. The third-order valence-corrected chi connectivity index (χ3v) is 5.31. The van der Waals surface area contributed by atoms with Crippen molar-refractivity contribution in [3.8, 4) is 0 Å². The summed E-state index contributed by atoms with van der Waals surface area (Å²) in [6.07, 6.45) is 5.18. The minimum Gasteiger partial charge on any atom is -0.481 e. The van der Waals surface area contributed by atoms with E-state index in [-0.39, 0.29) is 11.8 Å². The Morgan fingerprint density at radius 3 is 2.56 bits per heavy atom. The number of hydrogen-bond donors (Lipinski definition) is 2. The number of benzene rings is 1. The minimum absolute atomic E-state index is 0.0486. The first-order valence-electron chi connectivity index (χ1n) is 9.08. The fraction of sp³-hybridized carbons (Fsp3) is 0.500. The molecule has 5 nitrogen and oxygen atoms in total. The second kappa shape index (κ2) is 7.30. The fourth-order valence-electron chi connectivity index (χ4n) is 3.78. The quantitative estimate of drug-likeness (QED) is 0.867. The van der Waals surface area contributed by atoms with Crippen LogP contribution in [0.1, 0.15) is 55.9 Å². The lowest BCUT2D eigenvalue weighted by Crippen LogP contribution is -2.32. The van der Waals surface area contributed by atoms with Crippen LogP contribution in [0.4, 0.5) is 0 Å². The van der Waals surface area contributed by atoms with Crippen LogP contribution < -0.4 is 5.32 Å². The van der Waals surface area contributed by atoms with Gasteiger partial charge in [-0.2, -0.15) is 0 Å². The minimum atomic E-state index is -0.691. The highest BCUT2D eigenvalue weighted by atomic mass is 16.4. The number of amides is 1. The smallest absolute Gasteiger partial charge is 0.306 e. The van der Waals surface area contributed by atoms with Gasteiger partial charge in [-0.25, -0.2) is 0 Å². The van der Waals surface area contributed by atoms with Gasteiger partial charge in [-0.15, -0.1) is 0 Å². The molecule has 1 fully saturated rings. The number of carbonyl (C=O) groups excluding carboxylic acids is 1. The summed E-state index contributed by atoms with van der Waals surface area (Å²) in [5.41, 5.74) is 1.78.